The standard InChI is InChI=1S/C11H22ClN/c1-2-3-5-8-11(12)13-9-6-4-7-10-13/h11H,2-10H2,1H3. The molecule has 78 valence electrons. The average molecular weight is 204 g/mol. The van der Waals surface area contributed by atoms with Crippen LogP contribution in [0, 0.1) is 0 Å². The Labute approximate surface area is 87.4 Å². The lowest BCUT2D eigenvalue weighted by Gasteiger charge is -2.30. The van der Waals surface area contributed by atoms with Crippen LogP contribution in [0.15, 0.2) is 0 Å². The van der Waals surface area contributed by atoms with Gasteiger partial charge in [-0.25, -0.2) is 0 Å². The Kier molecular flexibility index (Phi) is 5.81. The Balaban J connectivity index is 2.09. The summed E-state index contributed by atoms with van der Waals surface area (Å²) in [6, 6.07) is 0. The molecule has 0 aliphatic carbocycles. The van der Waals surface area contributed by atoms with Crippen molar-refractivity contribution in [2.24, 2.45) is 0 Å². The number of rotatable bonds is 5. The lowest BCUT2D eigenvalue weighted by molar-refractivity contribution is 0.200. The third kappa shape index (κ3) is 4.33. The van der Waals surface area contributed by atoms with E-state index in [1.165, 1.54) is 58.0 Å². The van der Waals surface area contributed by atoms with E-state index in [2.05, 4.69) is 11.8 Å². The maximum Gasteiger partial charge on any atom is 0.0850 e. The van der Waals surface area contributed by atoms with Crippen LogP contribution in [0.5, 0.6) is 0 Å². The second kappa shape index (κ2) is 6.67. The van der Waals surface area contributed by atoms with Crippen molar-refractivity contribution in [3.8, 4) is 0 Å². The molecule has 0 radical (unpaired) electrons. The van der Waals surface area contributed by atoms with Crippen LogP contribution in [0.1, 0.15) is 51.9 Å². The van der Waals surface area contributed by atoms with Crippen molar-refractivity contribution in [2.75, 3.05) is 13.1 Å². The van der Waals surface area contributed by atoms with Crippen LogP contribution in [0.25, 0.3) is 0 Å². The van der Waals surface area contributed by atoms with Gasteiger partial charge < -0.3 is 0 Å². The second-order valence-corrected chi connectivity index (χ2v) is 4.53. The van der Waals surface area contributed by atoms with E-state index in [9.17, 15) is 0 Å². The first kappa shape index (κ1) is 11.3. The van der Waals surface area contributed by atoms with Crippen molar-refractivity contribution in [1.29, 1.82) is 0 Å². The van der Waals surface area contributed by atoms with Gasteiger partial charge in [0, 0.05) is 0 Å². The van der Waals surface area contributed by atoms with Gasteiger partial charge in [0.2, 0.25) is 0 Å². The van der Waals surface area contributed by atoms with Gasteiger partial charge in [-0.2, -0.15) is 0 Å². The van der Waals surface area contributed by atoms with Crippen LogP contribution in [-0.2, 0) is 0 Å². The van der Waals surface area contributed by atoms with Crippen LogP contribution >= 0.6 is 11.6 Å². The Morgan fingerprint density at radius 3 is 2.46 bits per heavy atom. The van der Waals surface area contributed by atoms with Crippen molar-refractivity contribution in [3.05, 3.63) is 0 Å². The molecule has 1 fully saturated rings. The molecule has 2 heteroatoms. The molecular weight excluding hydrogens is 182 g/mol. The first-order valence-electron chi connectivity index (χ1n) is 5.72. The number of hydrogen-bond donors (Lipinski definition) is 0. The zero-order valence-electron chi connectivity index (χ0n) is 8.77. The molecule has 0 amide bonds. The third-order valence-corrected chi connectivity index (χ3v) is 3.33. The smallest absolute Gasteiger partial charge is 0.0850 e. The van der Waals surface area contributed by atoms with E-state index in [-0.39, 0.29) is 0 Å². The molecular formula is C11H22ClN. The van der Waals surface area contributed by atoms with Gasteiger partial charge in [-0.3, -0.25) is 4.90 Å². The molecule has 0 N–H and O–H groups in total. The van der Waals surface area contributed by atoms with Crippen LogP contribution < -0.4 is 0 Å². The summed E-state index contributed by atoms with van der Waals surface area (Å²) in [7, 11) is 0. The van der Waals surface area contributed by atoms with Gasteiger partial charge in [-0.1, -0.05) is 32.6 Å². The predicted molar refractivity (Wildman–Crippen MR) is 59.2 cm³/mol. The highest BCUT2D eigenvalue weighted by molar-refractivity contribution is 6.20. The topological polar surface area (TPSA) is 3.24 Å². The first-order chi connectivity index (χ1) is 6.34. The SMILES string of the molecule is CCCCCC(Cl)N1CCCCC1. The van der Waals surface area contributed by atoms with E-state index in [0.29, 0.717) is 5.50 Å². The summed E-state index contributed by atoms with van der Waals surface area (Å²) in [5, 5.41) is 0. The van der Waals surface area contributed by atoms with Gasteiger partial charge in [-0.05, 0) is 32.4 Å². The van der Waals surface area contributed by atoms with E-state index >= 15 is 0 Å². The maximum absolute atomic E-state index is 6.32. The van der Waals surface area contributed by atoms with Gasteiger partial charge in [0.1, 0.15) is 0 Å². The number of nitrogens with zero attached hydrogens (tertiary/aromatic N) is 1. The van der Waals surface area contributed by atoms with E-state index in [0.717, 1.165) is 0 Å². The normalized spacial score (nSPS) is 21.7. The quantitative estimate of drug-likeness (QED) is 0.375. The van der Waals surface area contributed by atoms with E-state index < -0.39 is 0 Å². The number of likely N-dealkylation sites (tertiary alicyclic amines) is 1. The maximum atomic E-state index is 6.32. The Morgan fingerprint density at radius 1 is 1.15 bits per heavy atom. The zero-order valence-corrected chi connectivity index (χ0v) is 9.52. The molecule has 0 aromatic heterocycles. The van der Waals surface area contributed by atoms with Crippen LogP contribution in [0.3, 0.4) is 0 Å². The fourth-order valence-corrected chi connectivity index (χ4v) is 2.29. The Morgan fingerprint density at radius 2 is 1.85 bits per heavy atom. The molecule has 0 saturated carbocycles. The van der Waals surface area contributed by atoms with Crippen LogP contribution in [-0.4, -0.2) is 23.5 Å². The minimum Gasteiger partial charge on any atom is -0.287 e. The molecule has 0 spiro atoms. The molecule has 1 atom stereocenters. The molecule has 1 unspecified atom stereocenters. The second-order valence-electron chi connectivity index (χ2n) is 4.03. The Bertz CT molecular complexity index is 121. The van der Waals surface area contributed by atoms with Crippen molar-refractivity contribution >= 4 is 11.6 Å². The number of alkyl halides is 1. The molecule has 0 aromatic rings. The predicted octanol–water partition coefficient (Wildman–Crippen LogP) is 3.62. The van der Waals surface area contributed by atoms with Crippen molar-refractivity contribution in [2.45, 2.75) is 57.4 Å². The minimum atomic E-state index is 0.312. The summed E-state index contributed by atoms with van der Waals surface area (Å²) in [4.78, 5) is 2.45. The fraction of sp³-hybridized carbons (Fsp3) is 1.00. The third-order valence-electron chi connectivity index (χ3n) is 2.83. The summed E-state index contributed by atoms with van der Waals surface area (Å²) in [5.74, 6) is 0. The van der Waals surface area contributed by atoms with Gasteiger partial charge in [0.15, 0.2) is 0 Å². The van der Waals surface area contributed by atoms with Crippen LogP contribution in [0.4, 0.5) is 0 Å². The molecule has 1 aliphatic rings. The largest absolute Gasteiger partial charge is 0.287 e. The Hall–Kier alpha value is 0.250. The van der Waals surface area contributed by atoms with Crippen LogP contribution in [0.2, 0.25) is 0 Å². The van der Waals surface area contributed by atoms with E-state index in [1.54, 1.807) is 0 Å². The van der Waals surface area contributed by atoms with Crippen molar-refractivity contribution < 1.29 is 0 Å². The monoisotopic (exact) mass is 203 g/mol. The molecule has 1 aliphatic heterocycles. The summed E-state index contributed by atoms with van der Waals surface area (Å²) >= 11 is 6.32. The molecule has 0 bridgehead atoms. The summed E-state index contributed by atoms with van der Waals surface area (Å²) in [6.07, 6.45) is 9.18. The molecule has 1 nitrogen and oxygen atoms in total. The van der Waals surface area contributed by atoms with E-state index in [4.69, 9.17) is 11.6 Å². The molecule has 1 rings (SSSR count). The highest BCUT2D eigenvalue weighted by atomic mass is 35.5. The van der Waals surface area contributed by atoms with Crippen molar-refractivity contribution in [1.82, 2.24) is 4.90 Å². The number of unbranched alkanes of at least 4 members (excludes halogenated alkanes) is 2. The zero-order chi connectivity index (χ0) is 9.52. The van der Waals surface area contributed by atoms with Crippen molar-refractivity contribution in [3.63, 3.8) is 0 Å². The van der Waals surface area contributed by atoms with Gasteiger partial charge >= 0.3 is 0 Å². The highest BCUT2D eigenvalue weighted by Gasteiger charge is 2.17. The summed E-state index contributed by atoms with van der Waals surface area (Å²) in [6.45, 7) is 4.69. The summed E-state index contributed by atoms with van der Waals surface area (Å²) in [5.41, 5.74) is 0.312. The van der Waals surface area contributed by atoms with Gasteiger partial charge in [-0.15, -0.1) is 11.6 Å². The molecule has 1 saturated heterocycles. The minimum absolute atomic E-state index is 0.312. The number of piperidine rings is 1. The first-order valence-corrected chi connectivity index (χ1v) is 6.16. The molecule has 0 aromatic carbocycles. The average Bonchev–Trinajstić information content (AvgIpc) is 2.19. The fourth-order valence-electron chi connectivity index (χ4n) is 1.94. The highest BCUT2D eigenvalue weighted by Crippen LogP contribution is 2.18. The van der Waals surface area contributed by atoms with E-state index in [1.807, 2.05) is 0 Å². The van der Waals surface area contributed by atoms with Gasteiger partial charge in [0.25, 0.3) is 0 Å². The van der Waals surface area contributed by atoms with Gasteiger partial charge in [0.05, 0.1) is 5.50 Å². The molecule has 13 heavy (non-hydrogen) atoms. The lowest BCUT2D eigenvalue weighted by Crippen LogP contribution is -2.35. The lowest BCUT2D eigenvalue weighted by atomic mass is 10.1. The summed E-state index contributed by atoms with van der Waals surface area (Å²) < 4.78 is 0. The number of hydrogen-bond acceptors (Lipinski definition) is 1. The molecule has 1 heterocycles. The number of halogens is 1.